The summed E-state index contributed by atoms with van der Waals surface area (Å²) in [5.41, 5.74) is 2.78. The zero-order valence-corrected chi connectivity index (χ0v) is 12.8. The van der Waals surface area contributed by atoms with Gasteiger partial charge in [0, 0.05) is 22.5 Å². The highest BCUT2D eigenvalue weighted by Gasteiger charge is 2.07. The van der Waals surface area contributed by atoms with Crippen LogP contribution < -0.4 is 4.74 Å². The van der Waals surface area contributed by atoms with Crippen molar-refractivity contribution in [2.75, 3.05) is 0 Å². The Bertz CT molecular complexity index is 770. The highest BCUT2D eigenvalue weighted by atomic mass is 79.9. The number of alkyl halides is 1. The summed E-state index contributed by atoms with van der Waals surface area (Å²) in [6.07, 6.45) is 1.74. The summed E-state index contributed by atoms with van der Waals surface area (Å²) in [4.78, 5) is 4.30. The fraction of sp³-hybridized carbons (Fsp3) is 0.118. The lowest BCUT2D eigenvalue weighted by atomic mass is 10.1. The number of para-hydroxylation sites is 1. The van der Waals surface area contributed by atoms with Gasteiger partial charge in [0.05, 0.1) is 5.52 Å². The van der Waals surface area contributed by atoms with Gasteiger partial charge in [0.1, 0.15) is 6.61 Å². The number of benzene rings is 2. The number of rotatable bonds is 4. The van der Waals surface area contributed by atoms with E-state index in [0.717, 1.165) is 22.0 Å². The molecule has 0 radical (unpaired) electrons. The van der Waals surface area contributed by atoms with Crippen molar-refractivity contribution >= 4 is 26.8 Å². The molecule has 106 valence electrons. The molecule has 0 amide bonds. The van der Waals surface area contributed by atoms with Gasteiger partial charge in [0.2, 0.25) is 0 Å². The van der Waals surface area contributed by atoms with E-state index in [1.165, 1.54) is 6.07 Å². The van der Waals surface area contributed by atoms with Gasteiger partial charge in [-0.3, -0.25) is 4.98 Å². The van der Waals surface area contributed by atoms with Crippen LogP contribution >= 0.6 is 15.9 Å². The van der Waals surface area contributed by atoms with Gasteiger partial charge in [0.25, 0.3) is 0 Å². The standard InChI is InChI=1S/C17H13BrFNO/c18-10-12-5-6-17(15(19)9-12)21-11-13-7-8-20-16-4-2-1-3-14(13)16/h1-9H,10-11H2. The molecule has 3 rings (SSSR count). The molecule has 3 aromatic rings. The number of pyridine rings is 1. The first kappa shape index (κ1) is 14.0. The molecule has 0 aliphatic rings. The zero-order valence-electron chi connectivity index (χ0n) is 11.2. The van der Waals surface area contributed by atoms with E-state index in [1.807, 2.05) is 36.4 Å². The van der Waals surface area contributed by atoms with E-state index in [2.05, 4.69) is 20.9 Å². The third-order valence-corrected chi connectivity index (χ3v) is 3.92. The number of halogens is 2. The van der Waals surface area contributed by atoms with Crippen molar-refractivity contribution in [3.8, 4) is 5.75 Å². The van der Waals surface area contributed by atoms with Crippen molar-refractivity contribution < 1.29 is 9.13 Å². The first-order chi connectivity index (χ1) is 10.3. The Hall–Kier alpha value is -1.94. The number of ether oxygens (including phenoxy) is 1. The summed E-state index contributed by atoms with van der Waals surface area (Å²) < 4.78 is 19.5. The third-order valence-electron chi connectivity index (χ3n) is 3.27. The molecule has 1 aromatic heterocycles. The van der Waals surface area contributed by atoms with Gasteiger partial charge in [0.15, 0.2) is 11.6 Å². The van der Waals surface area contributed by atoms with Crippen molar-refractivity contribution in [1.82, 2.24) is 4.98 Å². The van der Waals surface area contributed by atoms with Crippen LogP contribution in [0.5, 0.6) is 5.75 Å². The molecule has 0 unspecified atom stereocenters. The third kappa shape index (κ3) is 3.05. The number of hydrogen-bond donors (Lipinski definition) is 0. The van der Waals surface area contributed by atoms with Gasteiger partial charge in [-0.2, -0.15) is 0 Å². The summed E-state index contributed by atoms with van der Waals surface area (Å²) in [5.74, 6) is -0.0779. The Morgan fingerprint density at radius 2 is 1.95 bits per heavy atom. The smallest absolute Gasteiger partial charge is 0.165 e. The number of fused-ring (bicyclic) bond motifs is 1. The normalized spacial score (nSPS) is 10.8. The number of aromatic nitrogens is 1. The summed E-state index contributed by atoms with van der Waals surface area (Å²) in [6.45, 7) is 0.313. The van der Waals surface area contributed by atoms with Crippen LogP contribution in [0.4, 0.5) is 4.39 Å². The largest absolute Gasteiger partial charge is 0.486 e. The molecule has 0 atom stereocenters. The van der Waals surface area contributed by atoms with Gasteiger partial charge in [-0.25, -0.2) is 4.39 Å². The van der Waals surface area contributed by atoms with E-state index in [0.29, 0.717) is 11.9 Å². The molecule has 0 bridgehead atoms. The van der Waals surface area contributed by atoms with Crippen LogP contribution in [0.15, 0.2) is 54.7 Å². The molecule has 2 aromatic carbocycles. The van der Waals surface area contributed by atoms with E-state index in [4.69, 9.17) is 4.74 Å². The predicted molar refractivity (Wildman–Crippen MR) is 85.1 cm³/mol. The molecule has 0 aliphatic heterocycles. The Labute approximate surface area is 130 Å². The summed E-state index contributed by atoms with van der Waals surface area (Å²) >= 11 is 3.30. The minimum Gasteiger partial charge on any atom is -0.486 e. The lowest BCUT2D eigenvalue weighted by Crippen LogP contribution is -1.99. The molecule has 0 aliphatic carbocycles. The lowest BCUT2D eigenvalue weighted by molar-refractivity contribution is 0.291. The summed E-state index contributed by atoms with van der Waals surface area (Å²) in [6, 6.07) is 14.7. The van der Waals surface area contributed by atoms with Gasteiger partial charge in [-0.05, 0) is 29.8 Å². The predicted octanol–water partition coefficient (Wildman–Crippen LogP) is 4.85. The quantitative estimate of drug-likeness (QED) is 0.630. The van der Waals surface area contributed by atoms with Crippen LogP contribution in [-0.4, -0.2) is 4.98 Å². The molecule has 0 saturated heterocycles. The molecular weight excluding hydrogens is 333 g/mol. The van der Waals surface area contributed by atoms with E-state index in [1.54, 1.807) is 12.3 Å². The lowest BCUT2D eigenvalue weighted by Gasteiger charge is -2.10. The van der Waals surface area contributed by atoms with Crippen LogP contribution in [0, 0.1) is 5.82 Å². The second-order valence-electron chi connectivity index (χ2n) is 4.67. The first-order valence-corrected chi connectivity index (χ1v) is 7.70. The molecule has 4 heteroatoms. The second-order valence-corrected chi connectivity index (χ2v) is 5.24. The molecular formula is C17H13BrFNO. The summed E-state index contributed by atoms with van der Waals surface area (Å²) in [5, 5.41) is 1.65. The minimum absolute atomic E-state index is 0.264. The Kier molecular flexibility index (Phi) is 4.15. The summed E-state index contributed by atoms with van der Waals surface area (Å²) in [7, 11) is 0. The Morgan fingerprint density at radius 3 is 2.76 bits per heavy atom. The van der Waals surface area contributed by atoms with Crippen molar-refractivity contribution in [2.24, 2.45) is 0 Å². The number of hydrogen-bond acceptors (Lipinski definition) is 2. The van der Waals surface area contributed by atoms with Crippen molar-refractivity contribution in [2.45, 2.75) is 11.9 Å². The maximum absolute atomic E-state index is 13.9. The van der Waals surface area contributed by atoms with Crippen LogP contribution in [-0.2, 0) is 11.9 Å². The average molecular weight is 346 g/mol. The maximum Gasteiger partial charge on any atom is 0.165 e. The van der Waals surface area contributed by atoms with Crippen molar-refractivity contribution in [3.05, 3.63) is 71.7 Å². The first-order valence-electron chi connectivity index (χ1n) is 6.58. The highest BCUT2D eigenvalue weighted by Crippen LogP contribution is 2.22. The van der Waals surface area contributed by atoms with E-state index in [-0.39, 0.29) is 11.6 Å². The zero-order chi connectivity index (χ0) is 14.7. The van der Waals surface area contributed by atoms with Crippen LogP contribution in [0.1, 0.15) is 11.1 Å². The molecule has 0 fully saturated rings. The van der Waals surface area contributed by atoms with E-state index < -0.39 is 0 Å². The van der Waals surface area contributed by atoms with Crippen LogP contribution in [0.25, 0.3) is 10.9 Å². The second kappa shape index (κ2) is 6.22. The van der Waals surface area contributed by atoms with Gasteiger partial charge >= 0.3 is 0 Å². The SMILES string of the molecule is Fc1cc(CBr)ccc1OCc1ccnc2ccccc12. The fourth-order valence-corrected chi connectivity index (χ4v) is 2.53. The monoisotopic (exact) mass is 345 g/mol. The molecule has 0 spiro atoms. The Balaban J connectivity index is 1.84. The maximum atomic E-state index is 13.9. The number of nitrogens with zero attached hydrogens (tertiary/aromatic N) is 1. The fourth-order valence-electron chi connectivity index (χ4n) is 2.18. The van der Waals surface area contributed by atoms with E-state index in [9.17, 15) is 4.39 Å². The average Bonchev–Trinajstić information content (AvgIpc) is 2.53. The molecule has 0 saturated carbocycles. The van der Waals surface area contributed by atoms with Gasteiger partial charge in [-0.1, -0.05) is 40.2 Å². The van der Waals surface area contributed by atoms with Crippen LogP contribution in [0.2, 0.25) is 0 Å². The highest BCUT2D eigenvalue weighted by molar-refractivity contribution is 9.08. The van der Waals surface area contributed by atoms with Crippen LogP contribution in [0.3, 0.4) is 0 Å². The van der Waals surface area contributed by atoms with Gasteiger partial charge < -0.3 is 4.74 Å². The topological polar surface area (TPSA) is 22.1 Å². The minimum atomic E-state index is -0.342. The Morgan fingerprint density at radius 1 is 1.10 bits per heavy atom. The van der Waals surface area contributed by atoms with E-state index >= 15 is 0 Å². The van der Waals surface area contributed by atoms with Crippen molar-refractivity contribution in [3.63, 3.8) is 0 Å². The molecule has 0 N–H and O–H groups in total. The van der Waals surface area contributed by atoms with Gasteiger partial charge in [-0.15, -0.1) is 0 Å². The molecule has 21 heavy (non-hydrogen) atoms. The molecule has 1 heterocycles. The molecule has 2 nitrogen and oxygen atoms in total. The van der Waals surface area contributed by atoms with Crippen molar-refractivity contribution in [1.29, 1.82) is 0 Å².